The number of aliphatic hydroxyl groups is 2. The molecular weight excluding hydrogens is 250 g/mol. The zero-order chi connectivity index (χ0) is 13.1. The molecule has 2 rings (SSSR count). The van der Waals surface area contributed by atoms with Gasteiger partial charge in [-0.15, -0.1) is 0 Å². The van der Waals surface area contributed by atoms with Crippen LogP contribution in [-0.2, 0) is 0 Å². The highest BCUT2D eigenvalue weighted by molar-refractivity contribution is 7.71. The summed E-state index contributed by atoms with van der Waals surface area (Å²) >= 11 is 5.09. The van der Waals surface area contributed by atoms with Crippen LogP contribution in [0.25, 0.3) is 5.69 Å². The van der Waals surface area contributed by atoms with Gasteiger partial charge in [-0.05, 0) is 29.9 Å². The van der Waals surface area contributed by atoms with Crippen LogP contribution < -0.4 is 0 Å². The van der Waals surface area contributed by atoms with Gasteiger partial charge in [-0.25, -0.2) is 0 Å². The van der Waals surface area contributed by atoms with E-state index < -0.39 is 12.2 Å². The summed E-state index contributed by atoms with van der Waals surface area (Å²) in [4.78, 5) is 2.88. The van der Waals surface area contributed by atoms with Crippen LogP contribution >= 0.6 is 12.2 Å². The van der Waals surface area contributed by atoms with E-state index in [9.17, 15) is 10.2 Å². The van der Waals surface area contributed by atoms with Crippen molar-refractivity contribution in [1.82, 2.24) is 9.55 Å². The Balaban J connectivity index is 2.29. The van der Waals surface area contributed by atoms with Crippen molar-refractivity contribution >= 4 is 12.2 Å². The quantitative estimate of drug-likeness (QED) is 0.576. The highest BCUT2D eigenvalue weighted by Crippen LogP contribution is 2.18. The van der Waals surface area contributed by atoms with Gasteiger partial charge < -0.3 is 15.2 Å². The standard InChI is InChI=1S/C12H11N3O2S/c13-7-10(16)11(17)8-1-3-9(4-2-8)15-6-5-14-12(15)18/h1-6,10-11,16-17H,(H,14,18). The summed E-state index contributed by atoms with van der Waals surface area (Å²) in [5.41, 5.74) is 1.32. The molecule has 1 aromatic carbocycles. The van der Waals surface area contributed by atoms with Gasteiger partial charge in [-0.1, -0.05) is 12.1 Å². The fourth-order valence-corrected chi connectivity index (χ4v) is 1.84. The van der Waals surface area contributed by atoms with Crippen LogP contribution in [0.3, 0.4) is 0 Å². The highest BCUT2D eigenvalue weighted by atomic mass is 32.1. The van der Waals surface area contributed by atoms with Gasteiger partial charge in [0.25, 0.3) is 0 Å². The number of nitriles is 1. The maximum atomic E-state index is 9.66. The third-order valence-corrected chi connectivity index (χ3v) is 2.91. The molecule has 0 fully saturated rings. The molecule has 18 heavy (non-hydrogen) atoms. The zero-order valence-electron chi connectivity index (χ0n) is 9.32. The molecule has 1 heterocycles. The lowest BCUT2D eigenvalue weighted by Gasteiger charge is -2.12. The van der Waals surface area contributed by atoms with Crippen LogP contribution in [0.5, 0.6) is 0 Å². The molecule has 2 atom stereocenters. The minimum absolute atomic E-state index is 0.481. The summed E-state index contributed by atoms with van der Waals surface area (Å²) in [5, 5.41) is 27.4. The first kappa shape index (κ1) is 12.5. The van der Waals surface area contributed by atoms with E-state index in [1.165, 1.54) is 0 Å². The Hall–Kier alpha value is -1.94. The molecule has 0 bridgehead atoms. The normalized spacial score (nSPS) is 13.8. The summed E-state index contributed by atoms with van der Waals surface area (Å²) in [6.45, 7) is 0. The molecule has 0 amide bonds. The van der Waals surface area contributed by atoms with Crippen molar-refractivity contribution in [3.05, 3.63) is 47.0 Å². The van der Waals surface area contributed by atoms with Gasteiger partial charge in [0.05, 0.1) is 6.07 Å². The second kappa shape index (κ2) is 5.14. The summed E-state index contributed by atoms with van der Waals surface area (Å²) in [6.07, 6.45) is 0.885. The lowest BCUT2D eigenvalue weighted by Crippen LogP contribution is -2.15. The maximum Gasteiger partial charge on any atom is 0.181 e. The van der Waals surface area contributed by atoms with Crippen molar-refractivity contribution in [2.45, 2.75) is 12.2 Å². The van der Waals surface area contributed by atoms with E-state index >= 15 is 0 Å². The maximum absolute atomic E-state index is 9.66. The number of aromatic nitrogens is 2. The van der Waals surface area contributed by atoms with Crippen LogP contribution in [0.15, 0.2) is 36.7 Å². The largest absolute Gasteiger partial charge is 0.385 e. The molecule has 0 spiro atoms. The molecule has 0 aliphatic heterocycles. The van der Waals surface area contributed by atoms with E-state index in [1.54, 1.807) is 47.3 Å². The number of hydrogen-bond donors (Lipinski definition) is 3. The van der Waals surface area contributed by atoms with Crippen molar-refractivity contribution < 1.29 is 10.2 Å². The SMILES string of the molecule is N#CC(O)C(O)c1ccc(-n2cc[nH]c2=S)cc1. The topological polar surface area (TPSA) is 85.0 Å². The average Bonchev–Trinajstić information content (AvgIpc) is 2.83. The number of aromatic amines is 1. The first-order valence-electron chi connectivity index (χ1n) is 5.25. The zero-order valence-corrected chi connectivity index (χ0v) is 10.1. The molecule has 1 aromatic heterocycles. The van der Waals surface area contributed by atoms with Gasteiger partial charge >= 0.3 is 0 Å². The second-order valence-corrected chi connectivity index (χ2v) is 4.13. The molecule has 2 aromatic rings. The van der Waals surface area contributed by atoms with Crippen molar-refractivity contribution in [3.63, 3.8) is 0 Å². The first-order valence-corrected chi connectivity index (χ1v) is 5.66. The molecule has 0 aliphatic carbocycles. The van der Waals surface area contributed by atoms with E-state index in [2.05, 4.69) is 4.98 Å². The van der Waals surface area contributed by atoms with Crippen molar-refractivity contribution in [1.29, 1.82) is 5.26 Å². The van der Waals surface area contributed by atoms with Crippen LogP contribution in [0.4, 0.5) is 0 Å². The van der Waals surface area contributed by atoms with Crippen LogP contribution in [0, 0.1) is 16.1 Å². The lowest BCUT2D eigenvalue weighted by atomic mass is 10.1. The van der Waals surface area contributed by atoms with E-state index in [0.29, 0.717) is 10.3 Å². The van der Waals surface area contributed by atoms with Crippen LogP contribution in [-0.4, -0.2) is 25.9 Å². The Morgan fingerprint density at radius 1 is 1.28 bits per heavy atom. The van der Waals surface area contributed by atoms with Gasteiger partial charge in [0, 0.05) is 18.1 Å². The van der Waals surface area contributed by atoms with Crippen LogP contribution in [0.2, 0.25) is 0 Å². The van der Waals surface area contributed by atoms with E-state index in [-0.39, 0.29) is 0 Å². The number of hydrogen-bond acceptors (Lipinski definition) is 4. The molecular formula is C12H11N3O2S. The lowest BCUT2D eigenvalue weighted by molar-refractivity contribution is 0.0528. The third-order valence-electron chi connectivity index (χ3n) is 2.59. The molecule has 0 saturated heterocycles. The number of nitrogens with one attached hydrogen (secondary N) is 1. The molecule has 0 aliphatic rings. The first-order chi connectivity index (χ1) is 8.63. The van der Waals surface area contributed by atoms with Crippen molar-refractivity contribution in [3.8, 4) is 11.8 Å². The van der Waals surface area contributed by atoms with E-state index in [4.69, 9.17) is 17.5 Å². The summed E-state index contributed by atoms with van der Waals surface area (Å²) in [6, 6.07) is 8.40. The molecule has 0 radical (unpaired) electrons. The average molecular weight is 261 g/mol. The molecule has 3 N–H and O–H groups in total. The summed E-state index contributed by atoms with van der Waals surface area (Å²) in [7, 11) is 0. The molecule has 6 heteroatoms. The smallest absolute Gasteiger partial charge is 0.181 e. The molecule has 92 valence electrons. The fraction of sp³-hybridized carbons (Fsp3) is 0.167. The van der Waals surface area contributed by atoms with Gasteiger partial charge in [-0.3, -0.25) is 4.57 Å². The number of H-pyrrole nitrogens is 1. The number of imidazole rings is 1. The predicted molar refractivity (Wildman–Crippen MR) is 67.5 cm³/mol. The Kier molecular flexibility index (Phi) is 3.58. The monoisotopic (exact) mass is 261 g/mol. The number of nitrogens with zero attached hydrogens (tertiary/aromatic N) is 2. The second-order valence-electron chi connectivity index (χ2n) is 3.75. The van der Waals surface area contributed by atoms with Crippen LogP contribution in [0.1, 0.15) is 11.7 Å². The fourth-order valence-electron chi connectivity index (χ4n) is 1.61. The Bertz CT molecular complexity index is 624. The molecule has 2 unspecified atom stereocenters. The number of benzene rings is 1. The van der Waals surface area contributed by atoms with E-state index in [1.807, 2.05) is 0 Å². The highest BCUT2D eigenvalue weighted by Gasteiger charge is 2.17. The Morgan fingerprint density at radius 2 is 1.94 bits per heavy atom. The summed E-state index contributed by atoms with van der Waals surface area (Å²) < 4.78 is 2.34. The molecule has 5 nitrogen and oxygen atoms in total. The van der Waals surface area contributed by atoms with Crippen molar-refractivity contribution in [2.75, 3.05) is 0 Å². The minimum Gasteiger partial charge on any atom is -0.385 e. The number of rotatable bonds is 3. The Morgan fingerprint density at radius 3 is 2.44 bits per heavy atom. The third kappa shape index (κ3) is 2.33. The predicted octanol–water partition coefficient (Wildman–Crippen LogP) is 1.45. The van der Waals surface area contributed by atoms with Gasteiger partial charge in [-0.2, -0.15) is 5.26 Å². The van der Waals surface area contributed by atoms with E-state index in [0.717, 1.165) is 5.69 Å². The van der Waals surface area contributed by atoms with Gasteiger partial charge in [0.15, 0.2) is 10.9 Å². The molecule has 0 saturated carbocycles. The number of aliphatic hydroxyl groups excluding tert-OH is 2. The Labute approximate surface area is 109 Å². The van der Waals surface area contributed by atoms with Crippen molar-refractivity contribution in [2.24, 2.45) is 0 Å². The minimum atomic E-state index is -1.43. The summed E-state index contributed by atoms with van der Waals surface area (Å²) in [5.74, 6) is 0. The van der Waals surface area contributed by atoms with Gasteiger partial charge in [0.1, 0.15) is 6.10 Å². The van der Waals surface area contributed by atoms with Gasteiger partial charge in [0.2, 0.25) is 0 Å².